The van der Waals surface area contributed by atoms with Crippen LogP contribution in [0.15, 0.2) is 42.5 Å². The van der Waals surface area contributed by atoms with Gasteiger partial charge in [0.05, 0.1) is 11.9 Å². The number of sulfonamides is 1. The standard InChI is InChI=1S/C20H24N2O3S/c1-14(2)17-8-4-5-9-18(17)21-20(23)16-10-11-19-15(13-16)7-6-12-22(19)26(3,24)25/h4-5,8-11,13-14H,6-7,12H2,1-3H3,(H,21,23). The lowest BCUT2D eigenvalue weighted by atomic mass is 9.99. The lowest BCUT2D eigenvalue weighted by Gasteiger charge is -2.29. The highest BCUT2D eigenvalue weighted by Gasteiger charge is 2.24. The number of para-hydroxylation sites is 1. The van der Waals surface area contributed by atoms with Gasteiger partial charge in [-0.05, 0) is 54.2 Å². The summed E-state index contributed by atoms with van der Waals surface area (Å²) in [5, 5.41) is 2.99. The van der Waals surface area contributed by atoms with Crippen LogP contribution in [-0.4, -0.2) is 27.1 Å². The Labute approximate surface area is 155 Å². The fraction of sp³-hybridized carbons (Fsp3) is 0.350. The van der Waals surface area contributed by atoms with Crippen LogP contribution < -0.4 is 9.62 Å². The van der Waals surface area contributed by atoms with Gasteiger partial charge in [0.15, 0.2) is 0 Å². The maximum absolute atomic E-state index is 12.7. The van der Waals surface area contributed by atoms with Gasteiger partial charge in [0.1, 0.15) is 0 Å². The van der Waals surface area contributed by atoms with Crippen LogP contribution in [-0.2, 0) is 16.4 Å². The van der Waals surface area contributed by atoms with Crippen molar-refractivity contribution < 1.29 is 13.2 Å². The van der Waals surface area contributed by atoms with Gasteiger partial charge in [-0.3, -0.25) is 9.10 Å². The summed E-state index contributed by atoms with van der Waals surface area (Å²) in [6, 6.07) is 13.0. The molecule has 1 amide bonds. The fourth-order valence-electron chi connectivity index (χ4n) is 3.36. The van der Waals surface area contributed by atoms with Crippen LogP contribution in [0, 0.1) is 0 Å². The molecule has 0 bridgehead atoms. The number of benzene rings is 2. The number of aryl methyl sites for hydroxylation is 1. The highest BCUT2D eigenvalue weighted by molar-refractivity contribution is 7.92. The summed E-state index contributed by atoms with van der Waals surface area (Å²) < 4.78 is 25.3. The van der Waals surface area contributed by atoms with E-state index in [1.807, 2.05) is 24.3 Å². The van der Waals surface area contributed by atoms with Gasteiger partial charge in [-0.25, -0.2) is 8.42 Å². The molecule has 0 aliphatic carbocycles. The van der Waals surface area contributed by atoms with E-state index in [-0.39, 0.29) is 5.91 Å². The number of hydrogen-bond acceptors (Lipinski definition) is 3. The number of carbonyl (C=O) groups is 1. The first-order valence-corrected chi connectivity index (χ1v) is 10.6. The van der Waals surface area contributed by atoms with Crippen molar-refractivity contribution >= 4 is 27.3 Å². The molecule has 0 unspecified atom stereocenters. The average molecular weight is 372 g/mol. The van der Waals surface area contributed by atoms with E-state index in [0.717, 1.165) is 29.7 Å². The van der Waals surface area contributed by atoms with E-state index >= 15 is 0 Å². The minimum absolute atomic E-state index is 0.183. The van der Waals surface area contributed by atoms with Crippen LogP contribution >= 0.6 is 0 Å². The summed E-state index contributed by atoms with van der Waals surface area (Å²) >= 11 is 0. The van der Waals surface area contributed by atoms with E-state index in [1.54, 1.807) is 18.2 Å². The molecule has 0 saturated heterocycles. The molecule has 26 heavy (non-hydrogen) atoms. The van der Waals surface area contributed by atoms with Crippen LogP contribution in [0.3, 0.4) is 0 Å². The highest BCUT2D eigenvalue weighted by Crippen LogP contribution is 2.30. The minimum atomic E-state index is -3.30. The molecule has 6 heteroatoms. The lowest BCUT2D eigenvalue weighted by Crippen LogP contribution is -2.34. The zero-order valence-corrected chi connectivity index (χ0v) is 16.1. The largest absolute Gasteiger partial charge is 0.322 e. The number of rotatable bonds is 4. The van der Waals surface area contributed by atoms with Gasteiger partial charge in [0, 0.05) is 17.8 Å². The molecule has 5 nitrogen and oxygen atoms in total. The van der Waals surface area contributed by atoms with Crippen LogP contribution in [0.2, 0.25) is 0 Å². The first-order chi connectivity index (χ1) is 12.3. The molecule has 1 aliphatic heterocycles. The topological polar surface area (TPSA) is 66.5 Å². The van der Waals surface area contributed by atoms with Crippen molar-refractivity contribution in [3.63, 3.8) is 0 Å². The molecule has 1 heterocycles. The van der Waals surface area contributed by atoms with Crippen molar-refractivity contribution in [1.29, 1.82) is 0 Å². The highest BCUT2D eigenvalue weighted by atomic mass is 32.2. The summed E-state index contributed by atoms with van der Waals surface area (Å²) in [6.45, 7) is 4.66. The first kappa shape index (κ1) is 18.5. The Morgan fingerprint density at radius 1 is 1.15 bits per heavy atom. The Kier molecular flexibility index (Phi) is 5.05. The lowest BCUT2D eigenvalue weighted by molar-refractivity contribution is 0.102. The second-order valence-electron chi connectivity index (χ2n) is 6.98. The van der Waals surface area contributed by atoms with Gasteiger partial charge < -0.3 is 5.32 Å². The van der Waals surface area contributed by atoms with Crippen molar-refractivity contribution in [3.05, 3.63) is 59.2 Å². The maximum Gasteiger partial charge on any atom is 0.255 e. The summed E-state index contributed by atoms with van der Waals surface area (Å²) in [7, 11) is -3.30. The third-order valence-corrected chi connectivity index (χ3v) is 5.83. The summed E-state index contributed by atoms with van der Waals surface area (Å²) in [6.07, 6.45) is 2.73. The van der Waals surface area contributed by atoms with Gasteiger partial charge in [-0.15, -0.1) is 0 Å². The van der Waals surface area contributed by atoms with Crippen molar-refractivity contribution in [2.24, 2.45) is 0 Å². The fourth-order valence-corrected chi connectivity index (χ4v) is 4.35. The third kappa shape index (κ3) is 3.75. The van der Waals surface area contributed by atoms with E-state index in [9.17, 15) is 13.2 Å². The van der Waals surface area contributed by atoms with E-state index in [1.165, 1.54) is 10.6 Å². The number of nitrogens with zero attached hydrogens (tertiary/aromatic N) is 1. The molecule has 0 aromatic heterocycles. The van der Waals surface area contributed by atoms with Crippen LogP contribution in [0.25, 0.3) is 0 Å². The molecule has 2 aromatic rings. The molecule has 0 fully saturated rings. The second-order valence-corrected chi connectivity index (χ2v) is 8.89. The molecule has 0 radical (unpaired) electrons. The molecular weight excluding hydrogens is 348 g/mol. The van der Waals surface area contributed by atoms with Crippen LogP contribution in [0.5, 0.6) is 0 Å². The predicted octanol–water partition coefficient (Wildman–Crippen LogP) is 3.77. The smallest absolute Gasteiger partial charge is 0.255 e. The monoisotopic (exact) mass is 372 g/mol. The number of hydrogen-bond donors (Lipinski definition) is 1. The Bertz CT molecular complexity index is 936. The SMILES string of the molecule is CC(C)c1ccccc1NC(=O)c1ccc2c(c1)CCCN2S(C)(=O)=O. The average Bonchev–Trinajstić information content (AvgIpc) is 2.60. The Balaban J connectivity index is 1.88. The van der Waals surface area contributed by atoms with E-state index in [2.05, 4.69) is 19.2 Å². The predicted molar refractivity (Wildman–Crippen MR) is 105 cm³/mol. The molecule has 1 aliphatic rings. The molecule has 0 atom stereocenters. The number of anilines is 2. The first-order valence-electron chi connectivity index (χ1n) is 8.78. The minimum Gasteiger partial charge on any atom is -0.322 e. The van der Waals surface area contributed by atoms with Gasteiger partial charge in [0.25, 0.3) is 5.91 Å². The number of carbonyl (C=O) groups excluding carboxylic acids is 1. The Hall–Kier alpha value is -2.34. The van der Waals surface area contributed by atoms with Gasteiger partial charge in [-0.2, -0.15) is 0 Å². The maximum atomic E-state index is 12.7. The van der Waals surface area contributed by atoms with Crippen molar-refractivity contribution in [2.75, 3.05) is 22.4 Å². The van der Waals surface area contributed by atoms with Crippen molar-refractivity contribution in [3.8, 4) is 0 Å². The van der Waals surface area contributed by atoms with Crippen LogP contribution in [0.4, 0.5) is 11.4 Å². The molecule has 138 valence electrons. The summed E-state index contributed by atoms with van der Waals surface area (Å²) in [4.78, 5) is 12.7. The van der Waals surface area contributed by atoms with Gasteiger partial charge >= 0.3 is 0 Å². The quantitative estimate of drug-likeness (QED) is 0.888. The molecule has 1 N–H and O–H groups in total. The van der Waals surface area contributed by atoms with E-state index < -0.39 is 10.0 Å². The zero-order valence-electron chi connectivity index (χ0n) is 15.3. The van der Waals surface area contributed by atoms with Crippen molar-refractivity contribution in [2.45, 2.75) is 32.6 Å². The van der Waals surface area contributed by atoms with Crippen molar-refractivity contribution in [1.82, 2.24) is 0 Å². The van der Waals surface area contributed by atoms with E-state index in [4.69, 9.17) is 0 Å². The molecular formula is C20H24N2O3S. The molecule has 2 aromatic carbocycles. The van der Waals surface area contributed by atoms with Gasteiger partial charge in [-0.1, -0.05) is 32.0 Å². The number of fused-ring (bicyclic) bond motifs is 1. The normalized spacial score (nSPS) is 14.2. The number of amides is 1. The molecule has 0 spiro atoms. The number of nitrogens with one attached hydrogen (secondary N) is 1. The molecule has 3 rings (SSSR count). The molecule has 0 saturated carbocycles. The van der Waals surface area contributed by atoms with Gasteiger partial charge in [0.2, 0.25) is 10.0 Å². The summed E-state index contributed by atoms with van der Waals surface area (Å²) in [5.74, 6) is 0.121. The van der Waals surface area contributed by atoms with E-state index in [0.29, 0.717) is 23.7 Å². The second kappa shape index (κ2) is 7.11. The third-order valence-electron chi connectivity index (χ3n) is 4.65. The van der Waals surface area contributed by atoms with Crippen LogP contribution in [0.1, 0.15) is 47.7 Å². The summed E-state index contributed by atoms with van der Waals surface area (Å²) in [5.41, 5.74) is 4.01. The Morgan fingerprint density at radius 2 is 1.88 bits per heavy atom. The Morgan fingerprint density at radius 3 is 2.58 bits per heavy atom. The zero-order chi connectivity index (χ0) is 18.9.